The second-order valence-electron chi connectivity index (χ2n) is 24.1. The number of ether oxygens (including phenoxy) is 7. The van der Waals surface area contributed by atoms with Crippen molar-refractivity contribution in [3.63, 3.8) is 0 Å². The summed E-state index contributed by atoms with van der Waals surface area (Å²) in [5.74, 6) is -1.91. The average molecular weight is 1170 g/mol. The standard InChI is InChI=1S/C68H127NO13/c1-8-12-16-20-26-36-46-60(47-37-27-21-17-13-9-2)80-63(73)50-40-30-24-32-42-52-69(53-43-33-25-31-41-51-64(74)81-61(48-38-28-22-18-14-10-3)49-39-29-23-19-15-11-4)54-44-34-35-45-55-76-68-67(79-59(7)72)65(75)66(78-58(6)71)62(82-68)56-77-57(5)70/h60-62,65-68,75H,8-56H2,1-7H3/t62-,65+,66-,67+,68+/m1/s1. The van der Waals surface area contributed by atoms with Gasteiger partial charge in [0.05, 0.1) is 0 Å². The topological polar surface area (TPSA) is 173 Å². The van der Waals surface area contributed by atoms with E-state index in [-0.39, 0.29) is 37.4 Å². The molecule has 0 saturated carbocycles. The van der Waals surface area contributed by atoms with Crippen LogP contribution in [0.2, 0.25) is 0 Å². The average Bonchev–Trinajstić information content (AvgIpc) is 3.54. The molecule has 1 N–H and O–H groups in total. The van der Waals surface area contributed by atoms with E-state index in [1.165, 1.54) is 149 Å². The molecule has 1 aliphatic heterocycles. The van der Waals surface area contributed by atoms with Gasteiger partial charge in [-0.15, -0.1) is 0 Å². The van der Waals surface area contributed by atoms with Crippen molar-refractivity contribution in [3.8, 4) is 0 Å². The molecule has 0 bridgehead atoms. The van der Waals surface area contributed by atoms with Crippen LogP contribution in [0.5, 0.6) is 0 Å². The summed E-state index contributed by atoms with van der Waals surface area (Å²) in [7, 11) is 0. The molecular formula is C68H127NO13. The van der Waals surface area contributed by atoms with Crippen LogP contribution in [0.15, 0.2) is 0 Å². The van der Waals surface area contributed by atoms with E-state index >= 15 is 0 Å². The number of rotatable bonds is 58. The lowest BCUT2D eigenvalue weighted by Crippen LogP contribution is -2.61. The molecule has 0 aromatic rings. The Balaban J connectivity index is 2.73. The fraction of sp³-hybridized carbons (Fsp3) is 0.926. The SMILES string of the molecule is CCCCCCCCC(CCCCCCCC)OC(=O)CCCCCCCN(CCCCCCCC(=O)OC(CCCCCCCC)CCCCCCCC)CCCCCCO[C@H]1O[C@H](COC(C)=O)[C@@H](OC(C)=O)[C@H](O)[C@@H]1OC(C)=O. The molecule has 0 aliphatic carbocycles. The van der Waals surface area contributed by atoms with Crippen LogP contribution < -0.4 is 0 Å². The summed E-state index contributed by atoms with van der Waals surface area (Å²) in [4.78, 5) is 64.2. The minimum absolute atomic E-state index is 0.0162. The minimum Gasteiger partial charge on any atom is -0.463 e. The van der Waals surface area contributed by atoms with Crippen LogP contribution in [-0.4, -0.2) is 116 Å². The van der Waals surface area contributed by atoms with Crippen molar-refractivity contribution in [1.82, 2.24) is 4.90 Å². The molecular weight excluding hydrogens is 1040 g/mol. The van der Waals surface area contributed by atoms with Gasteiger partial charge in [0.15, 0.2) is 18.5 Å². The van der Waals surface area contributed by atoms with Crippen molar-refractivity contribution in [2.45, 2.75) is 374 Å². The van der Waals surface area contributed by atoms with Crippen molar-refractivity contribution >= 4 is 29.8 Å². The van der Waals surface area contributed by atoms with Crippen molar-refractivity contribution in [2.24, 2.45) is 0 Å². The zero-order valence-electron chi connectivity index (χ0n) is 54.0. The molecule has 0 aromatic carbocycles. The third-order valence-corrected chi connectivity index (χ3v) is 16.1. The number of unbranched alkanes of at least 4 members (excludes halogenated alkanes) is 31. The predicted molar refractivity (Wildman–Crippen MR) is 330 cm³/mol. The Hall–Kier alpha value is -2.81. The monoisotopic (exact) mass is 1170 g/mol. The molecule has 1 heterocycles. The maximum Gasteiger partial charge on any atom is 0.306 e. The summed E-state index contributed by atoms with van der Waals surface area (Å²) in [6, 6.07) is 0. The molecule has 482 valence electrons. The molecule has 1 saturated heterocycles. The Morgan fingerprint density at radius 3 is 1.11 bits per heavy atom. The van der Waals surface area contributed by atoms with Gasteiger partial charge in [-0.2, -0.15) is 0 Å². The molecule has 14 heteroatoms. The fourth-order valence-corrected chi connectivity index (χ4v) is 11.2. The summed E-state index contributed by atoms with van der Waals surface area (Å²) in [5, 5.41) is 11.2. The van der Waals surface area contributed by atoms with Gasteiger partial charge in [-0.05, 0) is 110 Å². The van der Waals surface area contributed by atoms with Crippen LogP contribution >= 0.6 is 0 Å². The molecule has 0 aromatic heterocycles. The predicted octanol–water partition coefficient (Wildman–Crippen LogP) is 16.9. The van der Waals surface area contributed by atoms with Crippen LogP contribution in [0.3, 0.4) is 0 Å². The molecule has 0 spiro atoms. The Morgan fingerprint density at radius 1 is 0.415 bits per heavy atom. The highest BCUT2D eigenvalue weighted by Gasteiger charge is 2.50. The van der Waals surface area contributed by atoms with E-state index in [0.29, 0.717) is 19.3 Å². The first kappa shape index (κ1) is 77.2. The highest BCUT2D eigenvalue weighted by Crippen LogP contribution is 2.28. The fourth-order valence-electron chi connectivity index (χ4n) is 11.2. The Morgan fingerprint density at radius 2 is 0.744 bits per heavy atom. The number of hydrogen-bond acceptors (Lipinski definition) is 14. The smallest absolute Gasteiger partial charge is 0.306 e. The first-order valence-corrected chi connectivity index (χ1v) is 34.4. The number of carbonyl (C=O) groups excluding carboxylic acids is 5. The third kappa shape index (κ3) is 44.6. The maximum absolute atomic E-state index is 13.1. The lowest BCUT2D eigenvalue weighted by molar-refractivity contribution is -0.306. The molecule has 1 aliphatic rings. The second kappa shape index (κ2) is 54.8. The van der Waals surface area contributed by atoms with Gasteiger partial charge in [-0.1, -0.05) is 207 Å². The molecule has 0 amide bonds. The van der Waals surface area contributed by atoms with Gasteiger partial charge in [0.2, 0.25) is 0 Å². The van der Waals surface area contributed by atoms with E-state index in [9.17, 15) is 29.1 Å². The summed E-state index contributed by atoms with van der Waals surface area (Å²) in [5.41, 5.74) is 0. The highest BCUT2D eigenvalue weighted by atomic mass is 16.7. The normalized spacial score (nSPS) is 17.2. The third-order valence-electron chi connectivity index (χ3n) is 16.1. The summed E-state index contributed by atoms with van der Waals surface area (Å²) < 4.78 is 40.1. The van der Waals surface area contributed by atoms with Gasteiger partial charge >= 0.3 is 29.8 Å². The Bertz CT molecular complexity index is 1430. The van der Waals surface area contributed by atoms with Crippen molar-refractivity contribution in [2.75, 3.05) is 32.8 Å². The molecule has 1 fully saturated rings. The quantitative estimate of drug-likeness (QED) is 0.0346. The van der Waals surface area contributed by atoms with Gasteiger partial charge < -0.3 is 43.2 Å². The van der Waals surface area contributed by atoms with E-state index in [0.717, 1.165) is 154 Å². The van der Waals surface area contributed by atoms with E-state index in [2.05, 4.69) is 32.6 Å². The maximum atomic E-state index is 13.1. The summed E-state index contributed by atoms with van der Waals surface area (Å²) >= 11 is 0. The van der Waals surface area contributed by atoms with E-state index in [4.69, 9.17) is 33.2 Å². The Labute approximate surface area is 501 Å². The molecule has 5 atom stereocenters. The zero-order valence-corrected chi connectivity index (χ0v) is 54.0. The largest absolute Gasteiger partial charge is 0.463 e. The summed E-state index contributed by atoms with van der Waals surface area (Å²) in [6.07, 6.45) is 43.3. The van der Waals surface area contributed by atoms with E-state index in [1.54, 1.807) is 0 Å². The Kier molecular flexibility index (Phi) is 51.6. The molecule has 0 radical (unpaired) electrons. The number of hydrogen-bond donors (Lipinski definition) is 1. The molecule has 1 rings (SSSR count). The van der Waals surface area contributed by atoms with Gasteiger partial charge in [0.25, 0.3) is 0 Å². The lowest BCUT2D eigenvalue weighted by atomic mass is 9.98. The number of aliphatic hydroxyl groups excluding tert-OH is 1. The number of carbonyl (C=O) groups is 5. The van der Waals surface area contributed by atoms with Crippen LogP contribution in [0, 0.1) is 0 Å². The lowest BCUT2D eigenvalue weighted by Gasteiger charge is -2.42. The summed E-state index contributed by atoms with van der Waals surface area (Å²) in [6.45, 7) is 15.7. The molecule has 14 nitrogen and oxygen atoms in total. The first-order chi connectivity index (χ1) is 39.8. The molecule has 82 heavy (non-hydrogen) atoms. The van der Waals surface area contributed by atoms with E-state index < -0.39 is 48.6 Å². The zero-order chi connectivity index (χ0) is 60.1. The molecule has 0 unspecified atom stereocenters. The van der Waals surface area contributed by atoms with Crippen LogP contribution in [0.1, 0.15) is 331 Å². The van der Waals surface area contributed by atoms with Gasteiger partial charge in [0.1, 0.15) is 31.0 Å². The van der Waals surface area contributed by atoms with Gasteiger partial charge in [-0.25, -0.2) is 0 Å². The van der Waals surface area contributed by atoms with Gasteiger partial charge in [-0.3, -0.25) is 24.0 Å². The van der Waals surface area contributed by atoms with Crippen LogP contribution in [0.25, 0.3) is 0 Å². The van der Waals surface area contributed by atoms with Crippen LogP contribution in [-0.2, 0) is 57.1 Å². The van der Waals surface area contributed by atoms with E-state index in [1.807, 2.05) is 0 Å². The van der Waals surface area contributed by atoms with Crippen molar-refractivity contribution in [3.05, 3.63) is 0 Å². The second-order valence-corrected chi connectivity index (χ2v) is 24.1. The number of nitrogens with zero attached hydrogens (tertiary/aromatic N) is 1. The highest BCUT2D eigenvalue weighted by molar-refractivity contribution is 5.70. The van der Waals surface area contributed by atoms with Gasteiger partial charge in [0, 0.05) is 40.2 Å². The van der Waals surface area contributed by atoms with Crippen molar-refractivity contribution < 1.29 is 62.2 Å². The minimum atomic E-state index is -1.46. The van der Waals surface area contributed by atoms with Crippen LogP contribution in [0.4, 0.5) is 0 Å². The number of esters is 5. The van der Waals surface area contributed by atoms with Crippen molar-refractivity contribution in [1.29, 1.82) is 0 Å². The first-order valence-electron chi connectivity index (χ1n) is 34.4. The number of aliphatic hydroxyl groups is 1.